The minimum atomic E-state index is -1.41. The smallest absolute Gasteiger partial charge is 0.317 e. The number of benzene rings is 1. The van der Waals surface area contributed by atoms with Crippen molar-refractivity contribution in [3.8, 4) is 0 Å². The van der Waals surface area contributed by atoms with Gasteiger partial charge in [-0.3, -0.25) is 0 Å². The summed E-state index contributed by atoms with van der Waals surface area (Å²) in [6.07, 6.45) is 9.28. The highest BCUT2D eigenvalue weighted by Gasteiger charge is 2.43. The molecular formula is C29H47ClFN3O3. The highest BCUT2D eigenvalue weighted by Crippen LogP contribution is 2.42. The molecule has 37 heavy (non-hydrogen) atoms. The summed E-state index contributed by atoms with van der Waals surface area (Å²) >= 11 is 6.11. The number of amides is 2. The van der Waals surface area contributed by atoms with Gasteiger partial charge in [-0.2, -0.15) is 0 Å². The molecule has 3 N–H and O–H groups in total. The zero-order valence-corrected chi connectivity index (χ0v) is 23.7. The van der Waals surface area contributed by atoms with Gasteiger partial charge in [0.05, 0.1) is 10.6 Å². The van der Waals surface area contributed by atoms with Crippen LogP contribution in [0.2, 0.25) is 5.02 Å². The lowest BCUT2D eigenvalue weighted by atomic mass is 9.74. The van der Waals surface area contributed by atoms with E-state index < -0.39 is 11.4 Å². The van der Waals surface area contributed by atoms with E-state index in [1.165, 1.54) is 31.7 Å². The number of unbranched alkanes of at least 4 members (excludes halogenated alkanes) is 1. The maximum Gasteiger partial charge on any atom is 0.317 e. The number of halogens is 2. The number of hydrogen-bond donors (Lipinski definition) is 3. The van der Waals surface area contributed by atoms with Crippen LogP contribution in [0.15, 0.2) is 18.2 Å². The van der Waals surface area contributed by atoms with Crippen molar-refractivity contribution < 1.29 is 19.0 Å². The van der Waals surface area contributed by atoms with Gasteiger partial charge in [0.25, 0.3) is 0 Å². The first kappa shape index (κ1) is 30.1. The van der Waals surface area contributed by atoms with E-state index in [0.29, 0.717) is 38.5 Å². The van der Waals surface area contributed by atoms with Crippen molar-refractivity contribution in [1.82, 2.24) is 15.5 Å². The molecule has 1 saturated carbocycles. The summed E-state index contributed by atoms with van der Waals surface area (Å²) in [5, 5.41) is 18.5. The number of likely N-dealkylation sites (tertiary alicyclic amines) is 1. The van der Waals surface area contributed by atoms with Gasteiger partial charge in [-0.1, -0.05) is 56.3 Å². The van der Waals surface area contributed by atoms with E-state index in [9.17, 15) is 9.90 Å². The molecule has 2 fully saturated rings. The van der Waals surface area contributed by atoms with Gasteiger partial charge < -0.3 is 25.4 Å². The van der Waals surface area contributed by atoms with E-state index >= 15 is 4.39 Å². The summed E-state index contributed by atoms with van der Waals surface area (Å²) in [5.41, 5.74) is -1.19. The number of carbonyl (C=O) groups is 1. The van der Waals surface area contributed by atoms with E-state index in [1.807, 2.05) is 11.9 Å². The van der Waals surface area contributed by atoms with Crippen LogP contribution >= 0.6 is 11.6 Å². The third kappa shape index (κ3) is 8.29. The fourth-order valence-corrected chi connectivity index (χ4v) is 6.44. The van der Waals surface area contributed by atoms with Gasteiger partial charge in [0.15, 0.2) is 0 Å². The Morgan fingerprint density at radius 2 is 2.03 bits per heavy atom. The Hall–Kier alpha value is -1.41. The molecule has 0 unspecified atom stereocenters. The van der Waals surface area contributed by atoms with Crippen LogP contribution in [0.4, 0.5) is 9.18 Å². The highest BCUT2D eigenvalue weighted by atomic mass is 35.5. The maximum absolute atomic E-state index is 15.2. The van der Waals surface area contributed by atoms with E-state index in [1.54, 1.807) is 19.2 Å². The summed E-state index contributed by atoms with van der Waals surface area (Å²) < 4.78 is 20.3. The quantitative estimate of drug-likeness (QED) is 0.297. The van der Waals surface area contributed by atoms with Crippen LogP contribution in [-0.2, 0) is 10.3 Å². The summed E-state index contributed by atoms with van der Waals surface area (Å²) in [5.74, 6) is 0.587. The molecule has 0 spiro atoms. The second kappa shape index (κ2) is 14.7. The van der Waals surface area contributed by atoms with Gasteiger partial charge in [0, 0.05) is 50.9 Å². The summed E-state index contributed by atoms with van der Waals surface area (Å²) in [7, 11) is 3.57. The summed E-state index contributed by atoms with van der Waals surface area (Å²) in [4.78, 5) is 15.2. The Kier molecular flexibility index (Phi) is 11.9. The van der Waals surface area contributed by atoms with Crippen molar-refractivity contribution in [3.05, 3.63) is 34.6 Å². The normalized spacial score (nSPS) is 24.9. The van der Waals surface area contributed by atoms with E-state index in [4.69, 9.17) is 16.3 Å². The number of nitrogens with zero attached hydrogens (tertiary/aromatic N) is 1. The number of hydrogen-bond acceptors (Lipinski definition) is 4. The average Bonchev–Trinajstić information content (AvgIpc) is 2.89. The van der Waals surface area contributed by atoms with Crippen LogP contribution in [-0.4, -0.2) is 62.5 Å². The topological polar surface area (TPSA) is 73.8 Å². The van der Waals surface area contributed by atoms with Gasteiger partial charge in [-0.15, -0.1) is 0 Å². The fourth-order valence-electron chi connectivity index (χ4n) is 6.26. The largest absolute Gasteiger partial charge is 0.385 e. The molecule has 0 radical (unpaired) electrons. The Morgan fingerprint density at radius 3 is 2.73 bits per heavy atom. The fraction of sp³-hybridized carbons (Fsp3) is 0.759. The molecular weight excluding hydrogens is 493 g/mol. The summed E-state index contributed by atoms with van der Waals surface area (Å²) in [6.45, 7) is 4.65. The Labute approximate surface area is 227 Å². The predicted octanol–water partition coefficient (Wildman–Crippen LogP) is 5.71. The SMILES string of the molecule is CNC[C@H](C[C@H]1CC[C@H](C)CC1)NC(=O)N1CCC[C@@H]([C@@](O)(CCCCOC)c2cccc(Cl)c2F)C1. The molecule has 1 aromatic rings. The molecule has 1 saturated heterocycles. The third-order valence-corrected chi connectivity index (χ3v) is 8.78. The standard InChI is InChI=1S/C29H47ClFN3O3/c1-21-11-13-22(14-12-21)18-24(19-32-2)33-28(35)34-16-7-8-23(20-34)29(36,15-4-5-17-37-3)25-9-6-10-26(30)27(25)31/h6,9-10,21-24,32,36H,4-5,7-8,11-20H2,1-3H3,(H,33,35)/t21-,22-,23-,24+,29+/m1/s1. The third-order valence-electron chi connectivity index (χ3n) is 8.49. The first-order valence-electron chi connectivity index (χ1n) is 14.1. The zero-order valence-electron chi connectivity index (χ0n) is 22.9. The molecule has 0 aromatic heterocycles. The van der Waals surface area contributed by atoms with Gasteiger partial charge in [0.1, 0.15) is 5.82 Å². The van der Waals surface area contributed by atoms with Gasteiger partial charge in [-0.05, 0) is 63.5 Å². The van der Waals surface area contributed by atoms with Crippen LogP contribution in [0.5, 0.6) is 0 Å². The molecule has 3 rings (SSSR count). The number of carbonyl (C=O) groups excluding carboxylic acids is 1. The number of likely N-dealkylation sites (N-methyl/N-ethyl adjacent to an activating group) is 1. The number of aliphatic hydroxyl groups is 1. The summed E-state index contributed by atoms with van der Waals surface area (Å²) in [6, 6.07) is 4.78. The number of ether oxygens (including phenoxy) is 1. The monoisotopic (exact) mass is 539 g/mol. The van der Waals surface area contributed by atoms with Crippen LogP contribution in [0.25, 0.3) is 0 Å². The molecule has 1 aliphatic carbocycles. The molecule has 2 amide bonds. The predicted molar refractivity (Wildman–Crippen MR) is 147 cm³/mol. The lowest BCUT2D eigenvalue weighted by Gasteiger charge is -2.43. The first-order valence-corrected chi connectivity index (χ1v) is 14.5. The lowest BCUT2D eigenvalue weighted by Crippen LogP contribution is -2.54. The van der Waals surface area contributed by atoms with Crippen molar-refractivity contribution in [2.75, 3.05) is 40.4 Å². The van der Waals surface area contributed by atoms with Crippen molar-refractivity contribution in [2.24, 2.45) is 17.8 Å². The second-order valence-electron chi connectivity index (χ2n) is 11.3. The number of urea groups is 1. The zero-order chi connectivity index (χ0) is 26.8. The van der Waals surface area contributed by atoms with Crippen LogP contribution in [0, 0.1) is 23.6 Å². The van der Waals surface area contributed by atoms with Crippen molar-refractivity contribution in [2.45, 2.75) is 82.8 Å². The van der Waals surface area contributed by atoms with Crippen molar-refractivity contribution in [1.29, 1.82) is 0 Å². The van der Waals surface area contributed by atoms with Gasteiger partial charge in [0.2, 0.25) is 0 Å². The van der Waals surface area contributed by atoms with E-state index in [0.717, 1.165) is 38.1 Å². The molecule has 0 bridgehead atoms. The number of rotatable bonds is 12. The minimum absolute atomic E-state index is 0.00485. The molecule has 8 heteroatoms. The van der Waals surface area contributed by atoms with E-state index in [-0.39, 0.29) is 28.6 Å². The molecule has 1 aromatic carbocycles. The first-order chi connectivity index (χ1) is 17.8. The van der Waals surface area contributed by atoms with Gasteiger partial charge in [-0.25, -0.2) is 9.18 Å². The second-order valence-corrected chi connectivity index (χ2v) is 11.7. The maximum atomic E-state index is 15.2. The Balaban J connectivity index is 1.70. The Bertz CT molecular complexity index is 852. The number of methoxy groups -OCH3 is 1. The molecule has 210 valence electrons. The molecule has 1 aliphatic heterocycles. The molecule has 1 heterocycles. The molecule has 6 nitrogen and oxygen atoms in total. The highest BCUT2D eigenvalue weighted by molar-refractivity contribution is 6.30. The Morgan fingerprint density at radius 1 is 1.27 bits per heavy atom. The van der Waals surface area contributed by atoms with Crippen LogP contribution in [0.3, 0.4) is 0 Å². The molecule has 2 aliphatic rings. The lowest BCUT2D eigenvalue weighted by molar-refractivity contribution is -0.0587. The number of piperidine rings is 1. The van der Waals surface area contributed by atoms with Gasteiger partial charge >= 0.3 is 6.03 Å². The van der Waals surface area contributed by atoms with Crippen molar-refractivity contribution >= 4 is 17.6 Å². The minimum Gasteiger partial charge on any atom is -0.385 e. The van der Waals surface area contributed by atoms with Crippen molar-refractivity contribution in [3.63, 3.8) is 0 Å². The van der Waals surface area contributed by atoms with Crippen LogP contribution < -0.4 is 10.6 Å². The number of nitrogens with one attached hydrogen (secondary N) is 2. The average molecular weight is 540 g/mol. The van der Waals surface area contributed by atoms with Crippen LogP contribution in [0.1, 0.15) is 76.7 Å². The molecule has 3 atom stereocenters. The van der Waals surface area contributed by atoms with E-state index in [2.05, 4.69) is 17.6 Å².